The van der Waals surface area contributed by atoms with Crippen LogP contribution in [-0.2, 0) is 11.3 Å². The third-order valence-corrected chi connectivity index (χ3v) is 2.32. The van der Waals surface area contributed by atoms with Crippen molar-refractivity contribution in [2.75, 3.05) is 6.54 Å². The van der Waals surface area contributed by atoms with Crippen LogP contribution in [0, 0.1) is 10.1 Å². The number of carbonyl (C=O) groups is 1. The van der Waals surface area contributed by atoms with E-state index in [1.165, 1.54) is 0 Å². The first-order valence-corrected chi connectivity index (χ1v) is 5.67. The van der Waals surface area contributed by atoms with Crippen LogP contribution in [-0.4, -0.2) is 23.6 Å². The van der Waals surface area contributed by atoms with E-state index in [9.17, 15) is 14.9 Å². The minimum absolute atomic E-state index is 0.167. The number of carbonyl (C=O) groups excluding carboxylic acids is 1. The monoisotopic (exact) mass is 252 g/mol. The van der Waals surface area contributed by atoms with E-state index in [1.807, 2.05) is 30.3 Å². The number of benzene rings is 1. The number of hydrogen-bond acceptors (Lipinski definition) is 4. The first kappa shape index (κ1) is 14.0. The number of alkyl carbamates (subject to hydrolysis) is 1. The van der Waals surface area contributed by atoms with Crippen LogP contribution in [0.15, 0.2) is 30.3 Å². The normalized spacial score (nSPS) is 11.6. The van der Waals surface area contributed by atoms with E-state index in [0.29, 0.717) is 0 Å². The number of hydrogen-bond donors (Lipinski definition) is 1. The molecular weight excluding hydrogens is 236 g/mol. The second kappa shape index (κ2) is 7.26. The molecule has 0 fully saturated rings. The molecule has 1 aromatic carbocycles. The van der Waals surface area contributed by atoms with Gasteiger partial charge in [-0.1, -0.05) is 30.3 Å². The van der Waals surface area contributed by atoms with Gasteiger partial charge in [0.2, 0.25) is 6.54 Å². The highest BCUT2D eigenvalue weighted by molar-refractivity contribution is 5.67. The molecule has 1 atom stereocenters. The molecule has 0 radical (unpaired) electrons. The average molecular weight is 252 g/mol. The highest BCUT2D eigenvalue weighted by Crippen LogP contribution is 2.01. The summed E-state index contributed by atoms with van der Waals surface area (Å²) in [5.41, 5.74) is 0.894. The van der Waals surface area contributed by atoms with Crippen LogP contribution in [0.3, 0.4) is 0 Å². The minimum Gasteiger partial charge on any atom is -0.445 e. The molecule has 1 N–H and O–H groups in total. The molecule has 1 amide bonds. The molecule has 1 rings (SSSR count). The molecule has 0 aromatic heterocycles. The van der Waals surface area contributed by atoms with E-state index in [2.05, 4.69) is 5.32 Å². The lowest BCUT2D eigenvalue weighted by Crippen LogP contribution is -2.34. The fourth-order valence-corrected chi connectivity index (χ4v) is 1.34. The average Bonchev–Trinajstić information content (AvgIpc) is 2.35. The minimum atomic E-state index is -0.560. The Morgan fingerprint density at radius 3 is 2.72 bits per heavy atom. The molecule has 0 heterocycles. The molecule has 1 aromatic rings. The highest BCUT2D eigenvalue weighted by atomic mass is 16.6. The Morgan fingerprint density at radius 1 is 1.44 bits per heavy atom. The lowest BCUT2D eigenvalue weighted by atomic mass is 10.2. The molecule has 0 spiro atoms. The fraction of sp³-hybridized carbons (Fsp3) is 0.417. The van der Waals surface area contributed by atoms with Gasteiger partial charge in [0.1, 0.15) is 6.61 Å². The molecule has 0 saturated heterocycles. The Labute approximate surface area is 105 Å². The summed E-state index contributed by atoms with van der Waals surface area (Å²) in [6, 6.07) is 9.02. The summed E-state index contributed by atoms with van der Waals surface area (Å²) in [6.45, 7) is 1.72. The van der Waals surface area contributed by atoms with Crippen molar-refractivity contribution in [1.82, 2.24) is 5.32 Å². The number of nitrogens with one attached hydrogen (secondary N) is 1. The first-order valence-electron chi connectivity index (χ1n) is 5.67. The van der Waals surface area contributed by atoms with E-state index in [1.54, 1.807) is 6.92 Å². The number of amides is 1. The Kier molecular flexibility index (Phi) is 5.63. The summed E-state index contributed by atoms with van der Waals surface area (Å²) in [5.74, 6) is 0. The molecular formula is C12H16N2O4. The molecule has 6 heteroatoms. The smallest absolute Gasteiger partial charge is 0.407 e. The summed E-state index contributed by atoms with van der Waals surface area (Å²) >= 11 is 0. The summed E-state index contributed by atoms with van der Waals surface area (Å²) in [7, 11) is 0. The standard InChI is InChI=1S/C12H16N2O4/c1-10(7-8-14(16)17)13-12(15)18-9-11-5-3-2-4-6-11/h2-6,10H,7-9H2,1H3,(H,13,15)/t10-/m0/s1. The number of rotatable bonds is 6. The van der Waals surface area contributed by atoms with Gasteiger partial charge in [0.25, 0.3) is 0 Å². The van der Waals surface area contributed by atoms with Crippen LogP contribution in [0.5, 0.6) is 0 Å². The molecule has 0 bridgehead atoms. The molecule has 0 aliphatic carbocycles. The van der Waals surface area contributed by atoms with Crippen molar-refractivity contribution in [3.05, 3.63) is 46.0 Å². The van der Waals surface area contributed by atoms with Crippen LogP contribution >= 0.6 is 0 Å². The van der Waals surface area contributed by atoms with Crippen LogP contribution in [0.25, 0.3) is 0 Å². The lowest BCUT2D eigenvalue weighted by Gasteiger charge is -2.12. The molecule has 0 saturated carbocycles. The maximum Gasteiger partial charge on any atom is 0.407 e. The van der Waals surface area contributed by atoms with Crippen molar-refractivity contribution >= 4 is 6.09 Å². The van der Waals surface area contributed by atoms with E-state index < -0.39 is 11.0 Å². The molecule has 98 valence electrons. The number of nitro groups is 1. The van der Waals surface area contributed by atoms with Crippen LogP contribution in [0.4, 0.5) is 4.79 Å². The van der Waals surface area contributed by atoms with E-state index >= 15 is 0 Å². The Hall–Kier alpha value is -2.11. The number of nitrogens with zero attached hydrogens (tertiary/aromatic N) is 1. The van der Waals surface area contributed by atoms with Crippen molar-refractivity contribution < 1.29 is 14.5 Å². The third kappa shape index (κ3) is 5.83. The van der Waals surface area contributed by atoms with Gasteiger partial charge in [-0.15, -0.1) is 0 Å². The Morgan fingerprint density at radius 2 is 2.11 bits per heavy atom. The topological polar surface area (TPSA) is 81.5 Å². The van der Waals surface area contributed by atoms with Crippen LogP contribution < -0.4 is 5.32 Å². The van der Waals surface area contributed by atoms with E-state index in [-0.39, 0.29) is 25.6 Å². The Bertz CT molecular complexity index is 394. The molecule has 0 aliphatic rings. The molecule has 0 aliphatic heterocycles. The van der Waals surface area contributed by atoms with Gasteiger partial charge in [0.15, 0.2) is 0 Å². The predicted octanol–water partition coefficient (Wildman–Crippen LogP) is 1.97. The summed E-state index contributed by atoms with van der Waals surface area (Å²) in [4.78, 5) is 21.1. The van der Waals surface area contributed by atoms with Gasteiger partial charge in [-0.3, -0.25) is 10.1 Å². The van der Waals surface area contributed by atoms with Crippen molar-refractivity contribution in [2.24, 2.45) is 0 Å². The molecule has 6 nitrogen and oxygen atoms in total. The van der Waals surface area contributed by atoms with Gasteiger partial charge in [0, 0.05) is 17.4 Å². The van der Waals surface area contributed by atoms with E-state index in [4.69, 9.17) is 4.74 Å². The zero-order chi connectivity index (χ0) is 13.4. The summed E-state index contributed by atoms with van der Waals surface area (Å²) in [6.07, 6.45) is -0.275. The van der Waals surface area contributed by atoms with Gasteiger partial charge in [0.05, 0.1) is 0 Å². The lowest BCUT2D eigenvalue weighted by molar-refractivity contribution is -0.480. The summed E-state index contributed by atoms with van der Waals surface area (Å²) < 4.78 is 4.99. The first-order chi connectivity index (χ1) is 8.58. The maximum atomic E-state index is 11.4. The van der Waals surface area contributed by atoms with Crippen molar-refractivity contribution in [3.63, 3.8) is 0 Å². The largest absolute Gasteiger partial charge is 0.445 e. The summed E-state index contributed by atoms with van der Waals surface area (Å²) in [5, 5.41) is 12.7. The third-order valence-electron chi connectivity index (χ3n) is 2.32. The van der Waals surface area contributed by atoms with Crippen molar-refractivity contribution in [3.8, 4) is 0 Å². The molecule has 18 heavy (non-hydrogen) atoms. The van der Waals surface area contributed by atoms with Gasteiger partial charge in [-0.05, 0) is 12.5 Å². The van der Waals surface area contributed by atoms with Gasteiger partial charge in [-0.25, -0.2) is 4.79 Å². The second-order valence-corrected chi connectivity index (χ2v) is 3.95. The second-order valence-electron chi connectivity index (χ2n) is 3.95. The Balaban J connectivity index is 2.23. The van der Waals surface area contributed by atoms with Crippen molar-refractivity contribution in [1.29, 1.82) is 0 Å². The zero-order valence-corrected chi connectivity index (χ0v) is 10.2. The van der Waals surface area contributed by atoms with Gasteiger partial charge >= 0.3 is 6.09 Å². The molecule has 0 unspecified atom stereocenters. The fourth-order valence-electron chi connectivity index (χ4n) is 1.34. The van der Waals surface area contributed by atoms with E-state index in [0.717, 1.165) is 5.56 Å². The van der Waals surface area contributed by atoms with Crippen molar-refractivity contribution in [2.45, 2.75) is 26.0 Å². The van der Waals surface area contributed by atoms with Gasteiger partial charge < -0.3 is 10.1 Å². The SMILES string of the molecule is C[C@@H](CC[N+](=O)[O-])NC(=O)OCc1ccccc1. The maximum absolute atomic E-state index is 11.4. The zero-order valence-electron chi connectivity index (χ0n) is 10.2. The predicted molar refractivity (Wildman–Crippen MR) is 65.7 cm³/mol. The number of ether oxygens (including phenoxy) is 1. The van der Waals surface area contributed by atoms with Crippen LogP contribution in [0.2, 0.25) is 0 Å². The highest BCUT2D eigenvalue weighted by Gasteiger charge is 2.10. The van der Waals surface area contributed by atoms with Crippen LogP contribution in [0.1, 0.15) is 18.9 Å². The quantitative estimate of drug-likeness (QED) is 0.620. The van der Waals surface area contributed by atoms with Gasteiger partial charge in [-0.2, -0.15) is 0 Å².